The number of unbranched alkanes of at least 4 members (excludes halogenated alkanes) is 1. The van der Waals surface area contributed by atoms with Crippen LogP contribution in [0.15, 0.2) is 17.2 Å². The smallest absolute Gasteiger partial charge is 0.242 e. The number of aryl methyl sites for hydroxylation is 1. The minimum absolute atomic E-state index is 0.154. The third kappa shape index (κ3) is 3.55. The van der Waals surface area contributed by atoms with Crippen molar-refractivity contribution < 1.29 is 13.5 Å². The number of aliphatic hydroxyl groups is 1. The maximum absolute atomic E-state index is 11.9. The summed E-state index contributed by atoms with van der Waals surface area (Å²) in [6, 6.07) is 1.51. The first-order valence-corrected chi connectivity index (χ1v) is 7.33. The van der Waals surface area contributed by atoms with Gasteiger partial charge in [-0.05, 0) is 19.4 Å². The fourth-order valence-electron chi connectivity index (χ4n) is 1.57. The molecule has 1 rings (SSSR count). The second-order valence-corrected chi connectivity index (χ2v) is 5.63. The summed E-state index contributed by atoms with van der Waals surface area (Å²) < 4.78 is 28.1. The molecule has 5 nitrogen and oxygen atoms in total. The van der Waals surface area contributed by atoms with Crippen LogP contribution in [0.25, 0.3) is 0 Å². The Bertz CT molecular complexity index is 430. The Morgan fingerprint density at radius 1 is 1.41 bits per heavy atom. The zero-order valence-corrected chi connectivity index (χ0v) is 11.1. The van der Waals surface area contributed by atoms with Gasteiger partial charge in [0.25, 0.3) is 0 Å². The van der Waals surface area contributed by atoms with Gasteiger partial charge >= 0.3 is 0 Å². The number of aromatic nitrogens is 1. The Kier molecular flexibility index (Phi) is 5.17. The number of rotatable bonds is 7. The van der Waals surface area contributed by atoms with Crippen LogP contribution in [0.1, 0.15) is 32.4 Å². The number of hydrogen-bond donors (Lipinski definition) is 2. The van der Waals surface area contributed by atoms with Gasteiger partial charge in [-0.1, -0.05) is 13.3 Å². The maximum Gasteiger partial charge on any atom is 0.242 e. The van der Waals surface area contributed by atoms with E-state index in [1.54, 1.807) is 10.8 Å². The van der Waals surface area contributed by atoms with Crippen LogP contribution < -0.4 is 4.72 Å². The summed E-state index contributed by atoms with van der Waals surface area (Å²) >= 11 is 0. The van der Waals surface area contributed by atoms with Gasteiger partial charge in [0, 0.05) is 25.0 Å². The van der Waals surface area contributed by atoms with E-state index in [1.807, 2.05) is 13.8 Å². The molecule has 0 spiro atoms. The predicted molar refractivity (Wildman–Crippen MR) is 66.1 cm³/mol. The highest BCUT2D eigenvalue weighted by molar-refractivity contribution is 7.89. The summed E-state index contributed by atoms with van der Waals surface area (Å²) in [7, 11) is -3.44. The van der Waals surface area contributed by atoms with Crippen molar-refractivity contribution in [3.05, 3.63) is 18.0 Å². The molecule has 1 heterocycles. The molecular formula is C11H20N2O3S. The summed E-state index contributed by atoms with van der Waals surface area (Å²) in [5, 5.41) is 9.11. The Balaban J connectivity index is 2.87. The zero-order chi connectivity index (χ0) is 12.9. The first-order valence-electron chi connectivity index (χ1n) is 5.84. The minimum Gasteiger partial charge on any atom is -0.390 e. The molecule has 0 aliphatic carbocycles. The van der Waals surface area contributed by atoms with E-state index in [9.17, 15) is 8.42 Å². The number of sulfonamides is 1. The SMILES string of the molecule is CCCCNS(=O)(=O)c1cc(CO)n(CC)c1. The molecule has 6 heteroatoms. The van der Waals surface area contributed by atoms with Gasteiger partial charge in [0.1, 0.15) is 0 Å². The van der Waals surface area contributed by atoms with E-state index >= 15 is 0 Å². The minimum atomic E-state index is -3.44. The summed E-state index contributed by atoms with van der Waals surface area (Å²) in [4.78, 5) is 0.222. The van der Waals surface area contributed by atoms with Crippen molar-refractivity contribution >= 4 is 10.0 Å². The Morgan fingerprint density at radius 2 is 2.12 bits per heavy atom. The van der Waals surface area contributed by atoms with Gasteiger partial charge < -0.3 is 9.67 Å². The molecule has 0 bridgehead atoms. The first-order chi connectivity index (χ1) is 8.05. The molecule has 0 saturated carbocycles. The molecule has 0 aliphatic rings. The Morgan fingerprint density at radius 3 is 2.59 bits per heavy atom. The van der Waals surface area contributed by atoms with Crippen molar-refractivity contribution in [3.63, 3.8) is 0 Å². The molecule has 0 unspecified atom stereocenters. The van der Waals surface area contributed by atoms with E-state index in [0.717, 1.165) is 12.8 Å². The van der Waals surface area contributed by atoms with Gasteiger partial charge in [-0.15, -0.1) is 0 Å². The molecule has 17 heavy (non-hydrogen) atoms. The average Bonchev–Trinajstić information content (AvgIpc) is 2.73. The van der Waals surface area contributed by atoms with Gasteiger partial charge in [0.05, 0.1) is 11.5 Å². The van der Waals surface area contributed by atoms with E-state index in [1.165, 1.54) is 6.07 Å². The number of hydrogen-bond acceptors (Lipinski definition) is 3. The standard InChI is InChI=1S/C11H20N2O3S/c1-3-5-6-12-17(15,16)11-7-10(9-14)13(4-2)8-11/h7-8,12,14H,3-6,9H2,1-2H3. The lowest BCUT2D eigenvalue weighted by atomic mass is 10.3. The van der Waals surface area contributed by atoms with Crippen LogP contribution in [-0.4, -0.2) is 24.6 Å². The predicted octanol–water partition coefficient (Wildman–Crippen LogP) is 1.08. The lowest BCUT2D eigenvalue weighted by Crippen LogP contribution is -2.24. The Hall–Kier alpha value is -0.850. The molecule has 98 valence electrons. The third-order valence-corrected chi connectivity index (χ3v) is 4.02. The van der Waals surface area contributed by atoms with Crippen LogP contribution in [0, 0.1) is 0 Å². The van der Waals surface area contributed by atoms with Gasteiger partial charge in [-0.25, -0.2) is 13.1 Å². The first kappa shape index (κ1) is 14.2. The molecule has 0 saturated heterocycles. The van der Waals surface area contributed by atoms with Gasteiger partial charge in [-0.2, -0.15) is 0 Å². The average molecular weight is 260 g/mol. The maximum atomic E-state index is 11.9. The number of nitrogens with zero attached hydrogens (tertiary/aromatic N) is 1. The molecule has 0 aliphatic heterocycles. The fraction of sp³-hybridized carbons (Fsp3) is 0.636. The van der Waals surface area contributed by atoms with Gasteiger partial charge in [-0.3, -0.25) is 0 Å². The summed E-state index contributed by atoms with van der Waals surface area (Å²) in [6.45, 7) is 4.84. The van der Waals surface area contributed by atoms with Gasteiger partial charge in [0.15, 0.2) is 0 Å². The van der Waals surface area contributed by atoms with E-state index in [0.29, 0.717) is 18.8 Å². The third-order valence-electron chi connectivity index (χ3n) is 2.60. The lowest BCUT2D eigenvalue weighted by Gasteiger charge is -2.03. The van der Waals surface area contributed by atoms with Crippen LogP contribution in [0.4, 0.5) is 0 Å². The van der Waals surface area contributed by atoms with E-state index in [-0.39, 0.29) is 11.5 Å². The van der Waals surface area contributed by atoms with Crippen molar-refractivity contribution in [1.29, 1.82) is 0 Å². The van der Waals surface area contributed by atoms with E-state index in [4.69, 9.17) is 5.11 Å². The van der Waals surface area contributed by atoms with Crippen LogP contribution in [-0.2, 0) is 23.2 Å². The summed E-state index contributed by atoms with van der Waals surface area (Å²) in [6.07, 6.45) is 3.32. The fourth-order valence-corrected chi connectivity index (χ4v) is 2.70. The topological polar surface area (TPSA) is 71.3 Å². The highest BCUT2D eigenvalue weighted by Crippen LogP contribution is 2.14. The lowest BCUT2D eigenvalue weighted by molar-refractivity contribution is 0.271. The highest BCUT2D eigenvalue weighted by Gasteiger charge is 2.16. The highest BCUT2D eigenvalue weighted by atomic mass is 32.2. The quantitative estimate of drug-likeness (QED) is 0.721. The second kappa shape index (κ2) is 6.18. The van der Waals surface area contributed by atoms with E-state index < -0.39 is 10.0 Å². The van der Waals surface area contributed by atoms with Crippen molar-refractivity contribution in [3.8, 4) is 0 Å². The molecule has 2 N–H and O–H groups in total. The molecule has 0 radical (unpaired) electrons. The van der Waals surface area contributed by atoms with Crippen molar-refractivity contribution in [1.82, 2.24) is 9.29 Å². The molecule has 1 aromatic rings. The largest absolute Gasteiger partial charge is 0.390 e. The zero-order valence-electron chi connectivity index (χ0n) is 10.3. The number of aliphatic hydroxyl groups excluding tert-OH is 1. The normalized spacial score (nSPS) is 11.9. The van der Waals surface area contributed by atoms with Crippen molar-refractivity contribution in [2.75, 3.05) is 6.54 Å². The van der Waals surface area contributed by atoms with Crippen LogP contribution in [0.5, 0.6) is 0 Å². The summed E-state index contributed by atoms with van der Waals surface area (Å²) in [5.41, 5.74) is 0.614. The second-order valence-electron chi connectivity index (χ2n) is 3.86. The number of nitrogens with one attached hydrogen (secondary N) is 1. The van der Waals surface area contributed by atoms with Crippen LogP contribution in [0.2, 0.25) is 0 Å². The Labute approximate surface area is 103 Å². The molecule has 1 aromatic heterocycles. The van der Waals surface area contributed by atoms with Gasteiger partial charge in [0.2, 0.25) is 10.0 Å². The van der Waals surface area contributed by atoms with E-state index in [2.05, 4.69) is 4.72 Å². The molecule has 0 atom stereocenters. The van der Waals surface area contributed by atoms with Crippen LogP contribution in [0.3, 0.4) is 0 Å². The molecule has 0 fully saturated rings. The monoisotopic (exact) mass is 260 g/mol. The summed E-state index contributed by atoms with van der Waals surface area (Å²) in [5.74, 6) is 0. The molecule has 0 amide bonds. The van der Waals surface area contributed by atoms with Crippen LogP contribution >= 0.6 is 0 Å². The molecular weight excluding hydrogens is 240 g/mol. The van der Waals surface area contributed by atoms with Crippen molar-refractivity contribution in [2.45, 2.75) is 44.7 Å². The van der Waals surface area contributed by atoms with Crippen molar-refractivity contribution in [2.24, 2.45) is 0 Å². The molecule has 0 aromatic carbocycles.